The molecule has 7 atom stereocenters. The van der Waals surface area contributed by atoms with Gasteiger partial charge in [-0.3, -0.25) is 20.0 Å². The van der Waals surface area contributed by atoms with Gasteiger partial charge in [-0.2, -0.15) is 0 Å². The summed E-state index contributed by atoms with van der Waals surface area (Å²) >= 11 is 0. The maximum absolute atomic E-state index is 10.5. The number of ketones is 1. The van der Waals surface area contributed by atoms with Gasteiger partial charge in [0, 0.05) is 43.8 Å². The van der Waals surface area contributed by atoms with Crippen molar-refractivity contribution in [2.45, 2.75) is 118 Å². The fourth-order valence-electron chi connectivity index (χ4n) is 3.34. The van der Waals surface area contributed by atoms with E-state index in [1.54, 1.807) is 13.0 Å². The number of hydrogen-bond acceptors (Lipinski definition) is 14. The number of Topliss-reactive ketones (excluding diaryl/α,β-unsaturated/α-hetero) is 1. The van der Waals surface area contributed by atoms with Gasteiger partial charge in [0.25, 0.3) is 5.88 Å². The molecule has 10 N–H and O–H groups in total. The molecule has 3 heterocycles. The minimum atomic E-state index is 0. The molecule has 0 bridgehead atoms. The minimum absolute atomic E-state index is 0. The van der Waals surface area contributed by atoms with E-state index in [9.17, 15) is 4.79 Å². The van der Waals surface area contributed by atoms with Crippen molar-refractivity contribution in [2.75, 3.05) is 67.3 Å². The fraction of sp³-hybridized carbons (Fsp3) is 0.879. The molecule has 0 radical (unpaired) electrons. The molecule has 14 nitrogen and oxygen atoms in total. The predicted molar refractivity (Wildman–Crippen MR) is 194 cm³/mol. The summed E-state index contributed by atoms with van der Waals surface area (Å²) in [6, 6.07) is 3.46. The molecule has 3 fully saturated rings. The quantitative estimate of drug-likeness (QED) is 0.133. The Bertz CT molecular complexity index is 821. The van der Waals surface area contributed by atoms with Crippen molar-refractivity contribution >= 4 is 5.78 Å². The third-order valence-corrected chi connectivity index (χ3v) is 7.88. The van der Waals surface area contributed by atoms with Crippen molar-refractivity contribution < 1.29 is 23.5 Å². The Balaban J connectivity index is -0.000000507. The number of aromatic nitrogens is 1. The third kappa shape index (κ3) is 27.9. The van der Waals surface area contributed by atoms with Crippen molar-refractivity contribution in [3.8, 4) is 5.88 Å². The molecule has 282 valence electrons. The Hall–Kier alpha value is -1.72. The number of morpholine rings is 2. The molecule has 4 rings (SSSR count). The van der Waals surface area contributed by atoms with Crippen LogP contribution in [0.3, 0.4) is 0 Å². The lowest BCUT2D eigenvalue weighted by Gasteiger charge is -2.34. The summed E-state index contributed by atoms with van der Waals surface area (Å²) in [5.74, 6) is 2.29. The summed E-state index contributed by atoms with van der Waals surface area (Å²) in [4.78, 5) is 14.8. The zero-order valence-electron chi connectivity index (χ0n) is 32.2. The Labute approximate surface area is 287 Å². The van der Waals surface area contributed by atoms with E-state index in [-0.39, 0.29) is 18.0 Å². The molecule has 0 spiro atoms. The van der Waals surface area contributed by atoms with Crippen LogP contribution >= 0.6 is 0 Å². The van der Waals surface area contributed by atoms with E-state index < -0.39 is 0 Å². The van der Waals surface area contributed by atoms with Crippen LogP contribution in [-0.4, -0.2) is 124 Å². The van der Waals surface area contributed by atoms with Crippen LogP contribution in [-0.2, 0) is 14.3 Å². The number of rotatable bonds is 8. The van der Waals surface area contributed by atoms with Gasteiger partial charge in [0.2, 0.25) is 0 Å². The molecule has 1 aromatic heterocycles. The van der Waals surface area contributed by atoms with Crippen LogP contribution in [0.4, 0.5) is 0 Å². The SMILES string of the molecule is CC(=O)C(C)N(C)C.CC1CC1N.CC1NCCOC1C.CC1OCCN(C)C1C.CCCN.CCNNCOc1cc(C)on1.N. The number of hydrogen-bond donors (Lipinski definition) is 6. The topological polar surface area (TPSA) is 200 Å². The molecule has 3 aliphatic rings. The van der Waals surface area contributed by atoms with E-state index in [1.807, 2.05) is 39.8 Å². The van der Waals surface area contributed by atoms with E-state index in [0.29, 0.717) is 42.9 Å². The molecule has 14 heteroatoms. The molecular formula is C33H75N9O5. The molecule has 1 aromatic rings. The van der Waals surface area contributed by atoms with Crippen LogP contribution in [0.5, 0.6) is 5.88 Å². The maximum atomic E-state index is 10.5. The normalized spacial score (nSPS) is 25.1. The first kappa shape index (κ1) is 49.7. The fourth-order valence-corrected chi connectivity index (χ4v) is 3.34. The molecule has 1 aliphatic carbocycles. The molecule has 0 aromatic carbocycles. The van der Waals surface area contributed by atoms with Gasteiger partial charge >= 0.3 is 0 Å². The molecule has 47 heavy (non-hydrogen) atoms. The second-order valence-corrected chi connectivity index (χ2v) is 12.3. The molecule has 7 unspecified atom stereocenters. The molecular weight excluding hydrogens is 602 g/mol. The van der Waals surface area contributed by atoms with Gasteiger partial charge in [0.15, 0.2) is 6.73 Å². The first-order valence-electron chi connectivity index (χ1n) is 16.9. The number of hydrazine groups is 1. The van der Waals surface area contributed by atoms with Crippen LogP contribution in [0.1, 0.15) is 80.9 Å². The highest BCUT2D eigenvalue weighted by Gasteiger charge is 2.27. The van der Waals surface area contributed by atoms with Crippen molar-refractivity contribution in [1.82, 2.24) is 37.3 Å². The van der Waals surface area contributed by atoms with E-state index >= 15 is 0 Å². The highest BCUT2D eigenvalue weighted by molar-refractivity contribution is 5.80. The lowest BCUT2D eigenvalue weighted by Crippen LogP contribution is -2.45. The molecule has 1 saturated carbocycles. The van der Waals surface area contributed by atoms with Gasteiger partial charge in [-0.1, -0.05) is 20.8 Å². The zero-order chi connectivity index (χ0) is 35.7. The summed E-state index contributed by atoms with van der Waals surface area (Å²) in [7, 11) is 5.93. The largest absolute Gasteiger partial charge is 0.458 e. The van der Waals surface area contributed by atoms with E-state index in [4.69, 9.17) is 30.2 Å². The van der Waals surface area contributed by atoms with Crippen molar-refractivity contribution in [3.63, 3.8) is 0 Å². The van der Waals surface area contributed by atoms with Gasteiger partial charge < -0.3 is 41.7 Å². The second kappa shape index (κ2) is 30.3. The summed E-state index contributed by atoms with van der Waals surface area (Å²) in [6.45, 7) is 26.0. The van der Waals surface area contributed by atoms with E-state index in [0.717, 1.165) is 57.5 Å². The maximum Gasteiger partial charge on any atom is 0.255 e. The van der Waals surface area contributed by atoms with Crippen LogP contribution in [0, 0.1) is 12.8 Å². The Morgan fingerprint density at radius 2 is 1.70 bits per heavy atom. The highest BCUT2D eigenvalue weighted by Crippen LogP contribution is 2.25. The average Bonchev–Trinajstić information content (AvgIpc) is 3.49. The zero-order valence-corrected chi connectivity index (χ0v) is 32.2. The standard InChI is InChI=1S/C7H13N3O2.C7H15NO.2C6H13NO.C4H9N.C3H9N.H3N/c1-3-8-9-5-11-7-4-6(2)12-10-7;1-6-7(2)9-5-4-8(6)3;1-5-6(2)8-4-3-7-5;1-5(6(2)8)7(3)4;1-3-2-4(3)5;1-2-3-4;/h4,8-9H,3,5H2,1-2H3;6-7H,4-5H2,1-3H3;5-7H,3-4H2,1-2H3;5H,1-4H3;3-4H,2,5H2,1H3;2-4H2,1H3;1H3. The number of aryl methyl sites for hydroxylation is 1. The molecule has 2 aliphatic heterocycles. The Morgan fingerprint density at radius 3 is 2.00 bits per heavy atom. The van der Waals surface area contributed by atoms with Gasteiger partial charge in [0.1, 0.15) is 11.5 Å². The summed E-state index contributed by atoms with van der Waals surface area (Å²) in [5, 5.41) is 6.96. The van der Waals surface area contributed by atoms with Crippen LogP contribution in [0.2, 0.25) is 0 Å². The van der Waals surface area contributed by atoms with Crippen LogP contribution in [0.15, 0.2) is 10.6 Å². The number of carbonyl (C=O) groups is 1. The summed E-state index contributed by atoms with van der Waals surface area (Å²) in [5.41, 5.74) is 16.1. The molecule has 0 amide bonds. The van der Waals surface area contributed by atoms with E-state index in [2.05, 4.69) is 74.8 Å². The number of likely N-dealkylation sites (N-methyl/N-ethyl adjacent to an activating group) is 2. The molecule has 2 saturated heterocycles. The minimum Gasteiger partial charge on any atom is -0.458 e. The number of nitrogens with two attached hydrogens (primary N) is 2. The second-order valence-electron chi connectivity index (χ2n) is 12.3. The monoisotopic (exact) mass is 678 g/mol. The lowest BCUT2D eigenvalue weighted by atomic mass is 10.1. The number of ether oxygens (including phenoxy) is 3. The number of nitrogens with one attached hydrogen (secondary N) is 3. The smallest absolute Gasteiger partial charge is 0.255 e. The summed E-state index contributed by atoms with van der Waals surface area (Å²) < 4.78 is 20.7. The number of carbonyl (C=O) groups excluding carboxylic acids is 1. The van der Waals surface area contributed by atoms with Gasteiger partial charge in [-0.05, 0) is 100 Å². The van der Waals surface area contributed by atoms with Gasteiger partial charge in [-0.25, -0.2) is 5.43 Å². The van der Waals surface area contributed by atoms with Crippen molar-refractivity contribution in [2.24, 2.45) is 17.4 Å². The van der Waals surface area contributed by atoms with Crippen LogP contribution < -0.4 is 38.5 Å². The van der Waals surface area contributed by atoms with Crippen LogP contribution in [0.25, 0.3) is 0 Å². The van der Waals surface area contributed by atoms with Gasteiger partial charge in [0.05, 0.1) is 31.5 Å². The van der Waals surface area contributed by atoms with Crippen molar-refractivity contribution in [3.05, 3.63) is 11.8 Å². The Kier molecular flexibility index (Phi) is 32.1. The first-order valence-corrected chi connectivity index (χ1v) is 16.9. The van der Waals surface area contributed by atoms with Gasteiger partial charge in [-0.15, -0.1) is 0 Å². The highest BCUT2D eigenvalue weighted by atomic mass is 16.5. The lowest BCUT2D eigenvalue weighted by molar-refractivity contribution is -0.120. The predicted octanol–water partition coefficient (Wildman–Crippen LogP) is 2.94. The Morgan fingerprint density at radius 1 is 1.15 bits per heavy atom. The number of nitrogens with zero attached hydrogens (tertiary/aromatic N) is 3. The first-order chi connectivity index (χ1) is 21.6. The van der Waals surface area contributed by atoms with E-state index in [1.165, 1.54) is 6.42 Å². The third-order valence-electron chi connectivity index (χ3n) is 7.88. The average molecular weight is 678 g/mol. The van der Waals surface area contributed by atoms with Crippen molar-refractivity contribution in [1.29, 1.82) is 0 Å². The summed E-state index contributed by atoms with van der Waals surface area (Å²) in [6.07, 6.45) is 3.15.